The van der Waals surface area contributed by atoms with E-state index < -0.39 is 0 Å². The predicted molar refractivity (Wildman–Crippen MR) is 192 cm³/mol. The molecular weight excluding hydrogens is 562 g/mol. The van der Waals surface area contributed by atoms with Crippen LogP contribution in [-0.2, 0) is 5.41 Å². The van der Waals surface area contributed by atoms with Gasteiger partial charge in [0.1, 0.15) is 11.5 Å². The zero-order valence-corrected chi connectivity index (χ0v) is 26.1. The van der Waals surface area contributed by atoms with Gasteiger partial charge in [-0.2, -0.15) is 0 Å². The second kappa shape index (κ2) is 9.37. The third-order valence-electron chi connectivity index (χ3n) is 11.1. The third kappa shape index (κ3) is 3.22. The van der Waals surface area contributed by atoms with Crippen molar-refractivity contribution in [3.8, 4) is 11.5 Å². The van der Waals surface area contributed by atoms with Crippen LogP contribution in [0.3, 0.4) is 0 Å². The van der Waals surface area contributed by atoms with Crippen LogP contribution in [0.5, 0.6) is 11.5 Å². The molecule has 0 amide bonds. The molecule has 0 bridgehead atoms. The number of rotatable bonds is 5. The van der Waals surface area contributed by atoms with Gasteiger partial charge in [-0.05, 0) is 110 Å². The van der Waals surface area contributed by atoms with Gasteiger partial charge >= 0.3 is 0 Å². The largest absolute Gasteiger partial charge is 0.497 e. The van der Waals surface area contributed by atoms with Crippen LogP contribution in [0.4, 0.5) is 17.1 Å². The SMILES string of the molecule is COc1ccc(N(c2ccc(OC)cc2)c2c3cccc4c3c3c5c(ccc6cccc(c7cccc2c73)c65)C42CCCC2)cc1. The highest BCUT2D eigenvalue weighted by Crippen LogP contribution is 2.60. The molecule has 1 fully saturated rings. The molecule has 0 aliphatic heterocycles. The van der Waals surface area contributed by atoms with Gasteiger partial charge in [0.2, 0.25) is 0 Å². The number of benzene rings is 8. The van der Waals surface area contributed by atoms with Gasteiger partial charge in [0.25, 0.3) is 0 Å². The van der Waals surface area contributed by atoms with Crippen LogP contribution >= 0.6 is 0 Å². The summed E-state index contributed by atoms with van der Waals surface area (Å²) in [5.74, 6) is 1.69. The molecule has 222 valence electrons. The van der Waals surface area contributed by atoms with Crippen molar-refractivity contribution in [2.45, 2.75) is 31.1 Å². The van der Waals surface area contributed by atoms with Crippen molar-refractivity contribution in [2.75, 3.05) is 19.1 Å². The first kappa shape index (κ1) is 26.0. The Morgan fingerprint density at radius 3 is 1.67 bits per heavy atom. The summed E-state index contributed by atoms with van der Waals surface area (Å²) in [6.07, 6.45) is 4.92. The molecule has 3 nitrogen and oxygen atoms in total. The minimum Gasteiger partial charge on any atom is -0.497 e. The van der Waals surface area contributed by atoms with Gasteiger partial charge in [0, 0.05) is 32.9 Å². The highest BCUT2D eigenvalue weighted by Gasteiger charge is 2.43. The lowest BCUT2D eigenvalue weighted by molar-refractivity contribution is 0.415. The summed E-state index contributed by atoms with van der Waals surface area (Å²) in [6.45, 7) is 0. The molecule has 46 heavy (non-hydrogen) atoms. The minimum atomic E-state index is 0.0332. The zero-order valence-electron chi connectivity index (χ0n) is 26.1. The Balaban J connectivity index is 1.45. The summed E-state index contributed by atoms with van der Waals surface area (Å²) < 4.78 is 11.2. The molecule has 0 saturated heterocycles. The van der Waals surface area contributed by atoms with Crippen molar-refractivity contribution in [3.05, 3.63) is 126 Å². The highest BCUT2D eigenvalue weighted by atomic mass is 16.5. The first-order chi connectivity index (χ1) is 22.7. The van der Waals surface area contributed by atoms with E-state index in [-0.39, 0.29) is 5.41 Å². The van der Waals surface area contributed by atoms with Gasteiger partial charge in [0.15, 0.2) is 0 Å². The monoisotopic (exact) mass is 595 g/mol. The summed E-state index contributed by atoms with van der Waals surface area (Å²) >= 11 is 0. The van der Waals surface area contributed by atoms with Gasteiger partial charge in [-0.25, -0.2) is 0 Å². The first-order valence-electron chi connectivity index (χ1n) is 16.4. The standard InChI is InChI=1S/C43H33NO2/c1-45-29-19-15-27(16-20-29)44(28-17-21-30(46-2)22-18-28)42-33-11-6-10-32-31-9-5-8-26-14-23-36-40(37(26)31)41(38(32)33)39-34(42)12-7-13-35(39)43(36)24-3-4-25-43/h5-23H,3-4,24-25H2,1-2H3. The molecular formula is C43H33NO2. The fourth-order valence-electron chi connectivity index (χ4n) is 9.22. The third-order valence-corrected chi connectivity index (χ3v) is 11.1. The number of anilines is 3. The molecule has 0 radical (unpaired) electrons. The summed E-state index contributed by atoms with van der Waals surface area (Å²) in [7, 11) is 3.45. The first-order valence-corrected chi connectivity index (χ1v) is 16.4. The molecule has 0 unspecified atom stereocenters. The van der Waals surface area contributed by atoms with Crippen LogP contribution in [0.1, 0.15) is 36.8 Å². The molecule has 2 aliphatic carbocycles. The fraction of sp³-hybridized carbons (Fsp3) is 0.163. The highest BCUT2D eigenvalue weighted by molar-refractivity contribution is 6.42. The smallest absolute Gasteiger partial charge is 0.119 e. The van der Waals surface area contributed by atoms with E-state index in [0.717, 1.165) is 22.9 Å². The Labute approximate surface area is 267 Å². The lowest BCUT2D eigenvalue weighted by Gasteiger charge is -2.39. The molecule has 0 heterocycles. The number of fused-ring (bicyclic) bond motifs is 3. The molecule has 1 spiro atoms. The van der Waals surface area contributed by atoms with E-state index >= 15 is 0 Å². The van der Waals surface area contributed by atoms with E-state index in [1.165, 1.54) is 96.4 Å². The van der Waals surface area contributed by atoms with E-state index in [1.807, 2.05) is 0 Å². The van der Waals surface area contributed by atoms with E-state index in [2.05, 4.69) is 120 Å². The maximum Gasteiger partial charge on any atom is 0.119 e. The van der Waals surface area contributed by atoms with Gasteiger partial charge in [-0.3, -0.25) is 0 Å². The average Bonchev–Trinajstić information content (AvgIpc) is 3.61. The zero-order chi connectivity index (χ0) is 30.6. The molecule has 0 N–H and O–H groups in total. The second-order valence-electron chi connectivity index (χ2n) is 13.1. The van der Waals surface area contributed by atoms with Gasteiger partial charge in [-0.1, -0.05) is 79.6 Å². The Morgan fingerprint density at radius 2 is 1.02 bits per heavy atom. The lowest BCUT2D eigenvalue weighted by atomic mass is 9.65. The van der Waals surface area contributed by atoms with Crippen molar-refractivity contribution in [1.82, 2.24) is 0 Å². The number of methoxy groups -OCH3 is 2. The molecule has 1 saturated carbocycles. The fourth-order valence-corrected chi connectivity index (χ4v) is 9.22. The maximum atomic E-state index is 5.59. The maximum absolute atomic E-state index is 5.59. The molecule has 0 aromatic heterocycles. The quantitative estimate of drug-likeness (QED) is 0.146. The van der Waals surface area contributed by atoms with Crippen molar-refractivity contribution >= 4 is 70.9 Å². The van der Waals surface area contributed by atoms with Crippen LogP contribution < -0.4 is 14.4 Å². The van der Waals surface area contributed by atoms with Crippen molar-refractivity contribution in [2.24, 2.45) is 0 Å². The minimum absolute atomic E-state index is 0.0332. The number of ether oxygens (including phenoxy) is 2. The van der Waals surface area contributed by atoms with Gasteiger partial charge in [-0.15, -0.1) is 0 Å². The van der Waals surface area contributed by atoms with E-state index in [1.54, 1.807) is 14.2 Å². The molecule has 8 aromatic rings. The average molecular weight is 596 g/mol. The number of nitrogens with zero attached hydrogens (tertiary/aromatic N) is 1. The second-order valence-corrected chi connectivity index (χ2v) is 13.1. The Bertz CT molecular complexity index is 2440. The van der Waals surface area contributed by atoms with Gasteiger partial charge < -0.3 is 14.4 Å². The molecule has 10 rings (SSSR count). The summed E-state index contributed by atoms with van der Waals surface area (Å²) in [4.78, 5) is 2.44. The van der Waals surface area contributed by atoms with Crippen LogP contribution in [0, 0.1) is 0 Å². The Morgan fingerprint density at radius 1 is 0.478 bits per heavy atom. The van der Waals surface area contributed by atoms with Crippen molar-refractivity contribution in [3.63, 3.8) is 0 Å². The summed E-state index contributed by atoms with van der Waals surface area (Å²) in [5, 5.41) is 13.7. The Hall–Kier alpha value is -5.28. The summed E-state index contributed by atoms with van der Waals surface area (Å²) in [5.41, 5.74) is 6.47. The number of hydrogen-bond donors (Lipinski definition) is 0. The lowest BCUT2D eigenvalue weighted by Crippen LogP contribution is -2.27. The van der Waals surface area contributed by atoms with Crippen LogP contribution in [0.25, 0.3) is 53.9 Å². The van der Waals surface area contributed by atoms with Crippen LogP contribution in [0.2, 0.25) is 0 Å². The van der Waals surface area contributed by atoms with Crippen LogP contribution in [0.15, 0.2) is 115 Å². The number of hydrogen-bond acceptors (Lipinski definition) is 3. The molecule has 8 aromatic carbocycles. The summed E-state index contributed by atoms with van der Waals surface area (Å²) in [6, 6.07) is 42.7. The normalized spacial score (nSPS) is 15.0. The predicted octanol–water partition coefficient (Wildman–Crippen LogP) is 11.6. The van der Waals surface area contributed by atoms with Crippen molar-refractivity contribution < 1.29 is 9.47 Å². The Kier molecular flexibility index (Phi) is 5.29. The molecule has 3 heteroatoms. The molecule has 0 atom stereocenters. The van der Waals surface area contributed by atoms with Crippen molar-refractivity contribution in [1.29, 1.82) is 0 Å². The van der Waals surface area contributed by atoms with E-state index in [0.29, 0.717) is 0 Å². The van der Waals surface area contributed by atoms with E-state index in [9.17, 15) is 0 Å². The van der Waals surface area contributed by atoms with E-state index in [4.69, 9.17) is 9.47 Å². The van der Waals surface area contributed by atoms with Gasteiger partial charge in [0.05, 0.1) is 19.9 Å². The topological polar surface area (TPSA) is 21.7 Å². The van der Waals surface area contributed by atoms with Crippen LogP contribution in [-0.4, -0.2) is 14.2 Å². The molecule has 2 aliphatic rings.